The molecule has 0 spiro atoms. The van der Waals surface area contributed by atoms with Gasteiger partial charge in [0.1, 0.15) is 0 Å². The molecule has 1 atom stereocenters. The van der Waals surface area contributed by atoms with Gasteiger partial charge >= 0.3 is 0 Å². The summed E-state index contributed by atoms with van der Waals surface area (Å²) in [5.74, 6) is 0. The van der Waals surface area contributed by atoms with E-state index in [4.69, 9.17) is 5.11 Å². The molecule has 0 aromatic heterocycles. The number of hydrogen-bond acceptors (Lipinski definition) is 2. The molecule has 22 heavy (non-hydrogen) atoms. The van der Waals surface area contributed by atoms with E-state index in [9.17, 15) is 5.11 Å². The van der Waals surface area contributed by atoms with Crippen LogP contribution in [0.3, 0.4) is 0 Å². The van der Waals surface area contributed by atoms with Gasteiger partial charge in [0, 0.05) is 0 Å². The molecule has 2 heteroatoms. The molecule has 122 valence electrons. The second-order valence-electron chi connectivity index (χ2n) is 6.77. The van der Waals surface area contributed by atoms with E-state index in [1.165, 1.54) is 5.57 Å². The minimum atomic E-state index is -0.303. The molecular formula is C20H30O2. The first kappa shape index (κ1) is 18.7. The highest BCUT2D eigenvalue weighted by Gasteiger charge is 2.30. The molecule has 0 saturated carbocycles. The van der Waals surface area contributed by atoms with Crippen LogP contribution in [-0.4, -0.2) is 22.9 Å². The lowest BCUT2D eigenvalue weighted by atomic mass is 9.71. The first-order valence-electron chi connectivity index (χ1n) is 7.98. The molecule has 0 aromatic rings. The van der Waals surface area contributed by atoms with Gasteiger partial charge in [-0.15, -0.1) is 0 Å². The summed E-state index contributed by atoms with van der Waals surface area (Å²) >= 11 is 0. The Kier molecular flexibility index (Phi) is 7.05. The van der Waals surface area contributed by atoms with Gasteiger partial charge in [0.25, 0.3) is 0 Å². The largest absolute Gasteiger partial charge is 0.392 e. The summed E-state index contributed by atoms with van der Waals surface area (Å²) in [5, 5.41) is 18.9. The van der Waals surface area contributed by atoms with E-state index in [1.54, 1.807) is 6.08 Å². The summed E-state index contributed by atoms with van der Waals surface area (Å²) in [4.78, 5) is 0. The molecule has 0 saturated heterocycles. The fraction of sp³-hybridized carbons (Fsp3) is 0.500. The zero-order valence-corrected chi connectivity index (χ0v) is 14.6. The number of hydrogen-bond donors (Lipinski definition) is 2. The molecule has 0 aliphatic heterocycles. The highest BCUT2D eigenvalue weighted by molar-refractivity contribution is 5.38. The molecule has 2 nitrogen and oxygen atoms in total. The molecule has 0 radical (unpaired) electrons. The standard InChI is InChI=1S/C20H30O2/c1-15(7-6-8-16(2)12-14-21)9-10-18-17(3)19(22)11-13-20(18,4)5/h6-10,12,19,21-22H,11,13-14H2,1-5H3/b8-6+,10-9+,15-7+,16-12+. The molecule has 0 aromatic carbocycles. The van der Waals surface area contributed by atoms with Crippen LogP contribution in [0.2, 0.25) is 0 Å². The van der Waals surface area contributed by atoms with Gasteiger partial charge in [-0.1, -0.05) is 61.4 Å². The van der Waals surface area contributed by atoms with Crippen molar-refractivity contribution in [3.63, 3.8) is 0 Å². The maximum atomic E-state index is 10.1. The smallest absolute Gasteiger partial charge is 0.0753 e. The first-order valence-corrected chi connectivity index (χ1v) is 7.98. The topological polar surface area (TPSA) is 40.5 Å². The van der Waals surface area contributed by atoms with Gasteiger partial charge < -0.3 is 10.2 Å². The Morgan fingerprint density at radius 1 is 1.23 bits per heavy atom. The Morgan fingerprint density at radius 2 is 1.91 bits per heavy atom. The highest BCUT2D eigenvalue weighted by atomic mass is 16.3. The third-order valence-electron chi connectivity index (χ3n) is 4.34. The van der Waals surface area contributed by atoms with Crippen molar-refractivity contribution in [2.75, 3.05) is 6.61 Å². The third-order valence-corrected chi connectivity index (χ3v) is 4.34. The summed E-state index contributed by atoms with van der Waals surface area (Å²) < 4.78 is 0. The monoisotopic (exact) mass is 302 g/mol. The summed E-state index contributed by atoms with van der Waals surface area (Å²) in [6, 6.07) is 0. The highest BCUT2D eigenvalue weighted by Crippen LogP contribution is 2.40. The average Bonchev–Trinajstić information content (AvgIpc) is 2.43. The Bertz CT molecular complexity index is 528. The fourth-order valence-corrected chi connectivity index (χ4v) is 2.75. The predicted octanol–water partition coefficient (Wildman–Crippen LogP) is 4.48. The lowest BCUT2D eigenvalue weighted by Gasteiger charge is -2.35. The minimum absolute atomic E-state index is 0.0730. The van der Waals surface area contributed by atoms with E-state index in [1.807, 2.05) is 32.1 Å². The van der Waals surface area contributed by atoms with Crippen molar-refractivity contribution in [3.8, 4) is 0 Å². The lowest BCUT2D eigenvalue weighted by molar-refractivity contribution is 0.163. The van der Waals surface area contributed by atoms with E-state index in [-0.39, 0.29) is 18.1 Å². The van der Waals surface area contributed by atoms with Crippen molar-refractivity contribution in [3.05, 3.63) is 58.7 Å². The molecule has 1 aliphatic carbocycles. The van der Waals surface area contributed by atoms with Crippen molar-refractivity contribution in [2.24, 2.45) is 5.41 Å². The summed E-state index contributed by atoms with van der Waals surface area (Å²) in [7, 11) is 0. The minimum Gasteiger partial charge on any atom is -0.392 e. The van der Waals surface area contributed by atoms with E-state index in [0.29, 0.717) is 0 Å². The Balaban J connectivity index is 2.86. The van der Waals surface area contributed by atoms with Gasteiger partial charge in [-0.05, 0) is 50.2 Å². The summed E-state index contributed by atoms with van der Waals surface area (Å²) in [5.41, 5.74) is 4.67. The molecular weight excluding hydrogens is 272 g/mol. The van der Waals surface area contributed by atoms with Crippen LogP contribution in [-0.2, 0) is 0 Å². The van der Waals surface area contributed by atoms with Gasteiger partial charge in [-0.3, -0.25) is 0 Å². The van der Waals surface area contributed by atoms with Gasteiger partial charge in [-0.2, -0.15) is 0 Å². The number of allylic oxidation sites excluding steroid dienone is 8. The van der Waals surface area contributed by atoms with E-state index >= 15 is 0 Å². The molecule has 0 fully saturated rings. The van der Waals surface area contributed by atoms with Crippen LogP contribution in [0.4, 0.5) is 0 Å². The maximum absolute atomic E-state index is 10.1. The first-order chi connectivity index (χ1) is 10.3. The third kappa shape index (κ3) is 5.43. The molecule has 1 rings (SSSR count). The molecule has 0 heterocycles. The Hall–Kier alpha value is -1.38. The van der Waals surface area contributed by atoms with Crippen molar-refractivity contribution < 1.29 is 10.2 Å². The Labute approximate surface area is 135 Å². The SMILES string of the molecule is CC1=C(/C=C/C(C)=C/C=C/C(C)=C/CO)C(C)(C)CCC1O. The molecule has 0 amide bonds. The second-order valence-corrected chi connectivity index (χ2v) is 6.77. The van der Waals surface area contributed by atoms with Gasteiger partial charge in [0.2, 0.25) is 0 Å². The lowest BCUT2D eigenvalue weighted by Crippen LogP contribution is -2.27. The average molecular weight is 302 g/mol. The van der Waals surface area contributed by atoms with Crippen LogP contribution >= 0.6 is 0 Å². The van der Waals surface area contributed by atoms with Crippen molar-refractivity contribution in [2.45, 2.75) is 53.6 Å². The van der Waals surface area contributed by atoms with E-state index in [0.717, 1.165) is 29.6 Å². The quantitative estimate of drug-likeness (QED) is 0.735. The number of aliphatic hydroxyl groups excluding tert-OH is 2. The molecule has 2 N–H and O–H groups in total. The number of aliphatic hydroxyl groups is 2. The van der Waals surface area contributed by atoms with Gasteiger partial charge in [-0.25, -0.2) is 0 Å². The summed E-state index contributed by atoms with van der Waals surface area (Å²) in [6.07, 6.45) is 13.6. The molecule has 1 aliphatic rings. The maximum Gasteiger partial charge on any atom is 0.0753 e. The van der Waals surface area contributed by atoms with Crippen LogP contribution in [0.1, 0.15) is 47.5 Å². The normalized spacial score (nSPS) is 23.9. The van der Waals surface area contributed by atoms with Crippen LogP contribution in [0.15, 0.2) is 58.7 Å². The van der Waals surface area contributed by atoms with Crippen LogP contribution in [0.5, 0.6) is 0 Å². The zero-order valence-electron chi connectivity index (χ0n) is 14.6. The predicted molar refractivity (Wildman–Crippen MR) is 94.6 cm³/mol. The van der Waals surface area contributed by atoms with Gasteiger partial charge in [0.15, 0.2) is 0 Å². The van der Waals surface area contributed by atoms with Crippen molar-refractivity contribution >= 4 is 0 Å². The van der Waals surface area contributed by atoms with E-state index < -0.39 is 0 Å². The second kappa shape index (κ2) is 8.30. The van der Waals surface area contributed by atoms with Gasteiger partial charge in [0.05, 0.1) is 12.7 Å². The van der Waals surface area contributed by atoms with Crippen molar-refractivity contribution in [1.29, 1.82) is 0 Å². The van der Waals surface area contributed by atoms with Crippen LogP contribution in [0.25, 0.3) is 0 Å². The zero-order chi connectivity index (χ0) is 16.8. The number of rotatable bonds is 5. The van der Waals surface area contributed by atoms with E-state index in [2.05, 4.69) is 32.9 Å². The summed E-state index contributed by atoms with van der Waals surface area (Å²) in [6.45, 7) is 10.6. The fourth-order valence-electron chi connectivity index (χ4n) is 2.75. The molecule has 1 unspecified atom stereocenters. The Morgan fingerprint density at radius 3 is 2.55 bits per heavy atom. The van der Waals surface area contributed by atoms with Crippen LogP contribution in [0, 0.1) is 5.41 Å². The van der Waals surface area contributed by atoms with Crippen LogP contribution < -0.4 is 0 Å². The molecule has 0 bridgehead atoms. The van der Waals surface area contributed by atoms with Crippen molar-refractivity contribution in [1.82, 2.24) is 0 Å².